The first-order valence-electron chi connectivity index (χ1n) is 9.14. The van der Waals surface area contributed by atoms with E-state index in [1.54, 1.807) is 19.4 Å². The van der Waals surface area contributed by atoms with E-state index in [0.717, 1.165) is 17.2 Å². The third-order valence-corrected chi connectivity index (χ3v) is 4.09. The van der Waals surface area contributed by atoms with Crippen molar-refractivity contribution >= 4 is 11.6 Å². The van der Waals surface area contributed by atoms with E-state index in [0.29, 0.717) is 23.2 Å². The van der Waals surface area contributed by atoms with Gasteiger partial charge < -0.3 is 19.5 Å². The van der Waals surface area contributed by atoms with Gasteiger partial charge in [-0.05, 0) is 42.5 Å². The number of rotatable bonds is 7. The second-order valence-corrected chi connectivity index (χ2v) is 6.12. The molecule has 4 rings (SSSR count). The quantitative estimate of drug-likeness (QED) is 0.484. The summed E-state index contributed by atoms with van der Waals surface area (Å²) in [4.78, 5) is 17.2. The van der Waals surface area contributed by atoms with E-state index in [4.69, 9.17) is 14.2 Å². The molecule has 0 fully saturated rings. The summed E-state index contributed by atoms with van der Waals surface area (Å²) in [6, 6.07) is 20.8. The fourth-order valence-electron chi connectivity index (χ4n) is 2.63. The molecule has 0 unspecified atom stereocenters. The van der Waals surface area contributed by atoms with Crippen molar-refractivity contribution in [2.75, 3.05) is 19.5 Å². The number of nitrogens with one attached hydrogen (secondary N) is 1. The number of anilines is 2. The average molecular weight is 401 g/mol. The molecule has 8 nitrogen and oxygen atoms in total. The van der Waals surface area contributed by atoms with Crippen molar-refractivity contribution in [3.05, 3.63) is 72.9 Å². The molecule has 4 aromatic rings. The van der Waals surface area contributed by atoms with Gasteiger partial charge in [-0.2, -0.15) is 15.0 Å². The van der Waals surface area contributed by atoms with Gasteiger partial charge in [-0.3, -0.25) is 0 Å². The number of ether oxygens (including phenoxy) is 3. The minimum absolute atomic E-state index is 0.197. The van der Waals surface area contributed by atoms with E-state index >= 15 is 0 Å². The van der Waals surface area contributed by atoms with Gasteiger partial charge in [0.1, 0.15) is 11.5 Å². The Morgan fingerprint density at radius 2 is 1.50 bits per heavy atom. The maximum Gasteiger partial charge on any atom is 0.321 e. The van der Waals surface area contributed by atoms with Crippen LogP contribution < -0.4 is 19.5 Å². The number of hydrogen-bond acceptors (Lipinski definition) is 8. The smallest absolute Gasteiger partial charge is 0.321 e. The van der Waals surface area contributed by atoms with Crippen LogP contribution in [0, 0.1) is 0 Å². The van der Waals surface area contributed by atoms with Crippen LogP contribution in [0.4, 0.5) is 11.6 Å². The fraction of sp³-hybridized carbons (Fsp3) is 0.0909. The third kappa shape index (κ3) is 4.61. The highest BCUT2D eigenvalue weighted by Crippen LogP contribution is 2.25. The van der Waals surface area contributed by atoms with Crippen molar-refractivity contribution in [2.24, 2.45) is 0 Å². The Morgan fingerprint density at radius 1 is 0.733 bits per heavy atom. The van der Waals surface area contributed by atoms with E-state index in [9.17, 15) is 0 Å². The average Bonchev–Trinajstić information content (AvgIpc) is 2.81. The van der Waals surface area contributed by atoms with Crippen LogP contribution in [0.2, 0.25) is 0 Å². The van der Waals surface area contributed by atoms with Crippen molar-refractivity contribution in [1.82, 2.24) is 19.9 Å². The Kier molecular flexibility index (Phi) is 5.66. The van der Waals surface area contributed by atoms with Gasteiger partial charge in [0.15, 0.2) is 5.82 Å². The van der Waals surface area contributed by atoms with E-state index in [1.807, 2.05) is 60.7 Å². The lowest BCUT2D eigenvalue weighted by Crippen LogP contribution is -2.03. The summed E-state index contributed by atoms with van der Waals surface area (Å²) in [6.45, 7) is 0. The zero-order valence-corrected chi connectivity index (χ0v) is 16.4. The molecule has 0 aliphatic carbocycles. The Bertz CT molecular complexity index is 1100. The number of hydrogen-bond donors (Lipinski definition) is 1. The predicted octanol–water partition coefficient (Wildman–Crippen LogP) is 4.49. The highest BCUT2D eigenvalue weighted by Gasteiger charge is 2.10. The van der Waals surface area contributed by atoms with E-state index in [1.165, 1.54) is 7.11 Å². The highest BCUT2D eigenvalue weighted by atomic mass is 16.5. The van der Waals surface area contributed by atoms with Crippen molar-refractivity contribution in [1.29, 1.82) is 0 Å². The summed E-state index contributed by atoms with van der Waals surface area (Å²) in [7, 11) is 3.07. The van der Waals surface area contributed by atoms with Gasteiger partial charge in [-0.1, -0.05) is 18.2 Å². The topological polar surface area (TPSA) is 91.3 Å². The van der Waals surface area contributed by atoms with Crippen molar-refractivity contribution < 1.29 is 14.2 Å². The van der Waals surface area contributed by atoms with Crippen LogP contribution in [0.15, 0.2) is 72.9 Å². The van der Waals surface area contributed by atoms with E-state index in [2.05, 4.69) is 25.3 Å². The van der Waals surface area contributed by atoms with Gasteiger partial charge in [0.2, 0.25) is 11.8 Å². The maximum absolute atomic E-state index is 5.81. The van der Waals surface area contributed by atoms with Gasteiger partial charge in [-0.15, -0.1) is 0 Å². The number of para-hydroxylation sites is 1. The summed E-state index contributed by atoms with van der Waals surface area (Å²) in [5.74, 6) is 2.80. The van der Waals surface area contributed by atoms with Gasteiger partial charge >= 0.3 is 6.01 Å². The summed E-state index contributed by atoms with van der Waals surface area (Å²) in [5, 5.41) is 3.16. The molecular formula is C22H19N5O3. The zero-order valence-electron chi connectivity index (χ0n) is 16.4. The van der Waals surface area contributed by atoms with Crippen LogP contribution in [0.25, 0.3) is 11.4 Å². The molecule has 2 aromatic heterocycles. The molecule has 0 amide bonds. The van der Waals surface area contributed by atoms with Crippen LogP contribution in [0.3, 0.4) is 0 Å². The Balaban J connectivity index is 1.53. The second kappa shape index (κ2) is 8.87. The number of pyridine rings is 1. The van der Waals surface area contributed by atoms with Gasteiger partial charge in [0, 0.05) is 23.5 Å². The van der Waals surface area contributed by atoms with E-state index in [-0.39, 0.29) is 6.01 Å². The van der Waals surface area contributed by atoms with Gasteiger partial charge in [0.25, 0.3) is 0 Å². The summed E-state index contributed by atoms with van der Waals surface area (Å²) in [6.07, 6.45) is 1.63. The Hall–Kier alpha value is -4.20. The van der Waals surface area contributed by atoms with E-state index < -0.39 is 0 Å². The number of aromatic nitrogens is 4. The first kappa shape index (κ1) is 19.1. The molecule has 0 saturated heterocycles. The maximum atomic E-state index is 5.81. The molecule has 8 heteroatoms. The van der Waals surface area contributed by atoms with Crippen molar-refractivity contribution in [3.63, 3.8) is 0 Å². The van der Waals surface area contributed by atoms with Crippen LogP contribution in [0.1, 0.15) is 0 Å². The van der Waals surface area contributed by atoms with Crippen LogP contribution in [-0.2, 0) is 0 Å². The number of methoxy groups -OCH3 is 2. The largest absolute Gasteiger partial charge is 0.481 e. The first-order valence-corrected chi connectivity index (χ1v) is 9.14. The summed E-state index contributed by atoms with van der Waals surface area (Å²) >= 11 is 0. The molecule has 0 spiro atoms. The highest BCUT2D eigenvalue weighted by molar-refractivity contribution is 5.59. The normalized spacial score (nSPS) is 10.3. The SMILES string of the molecule is COc1ccc(-c2nc(Nc3ccc(Oc4ccccc4)cc3)nc(OC)n2)cn1. The molecule has 0 bridgehead atoms. The molecular weight excluding hydrogens is 382 g/mol. The number of nitrogens with zero attached hydrogens (tertiary/aromatic N) is 4. The Labute approximate surface area is 173 Å². The molecule has 2 heterocycles. The predicted molar refractivity (Wildman–Crippen MR) is 112 cm³/mol. The molecule has 0 aliphatic rings. The number of benzene rings is 2. The van der Waals surface area contributed by atoms with Crippen molar-refractivity contribution in [2.45, 2.75) is 0 Å². The lowest BCUT2D eigenvalue weighted by Gasteiger charge is -2.10. The fourth-order valence-corrected chi connectivity index (χ4v) is 2.63. The monoisotopic (exact) mass is 401 g/mol. The molecule has 0 aliphatic heterocycles. The molecule has 1 N–H and O–H groups in total. The third-order valence-electron chi connectivity index (χ3n) is 4.09. The molecule has 0 saturated carbocycles. The molecule has 30 heavy (non-hydrogen) atoms. The lowest BCUT2D eigenvalue weighted by molar-refractivity contribution is 0.379. The standard InChI is InChI=1S/C22H19N5O3/c1-28-19-13-8-15(14-23-19)20-25-21(27-22(26-20)29-2)24-16-9-11-18(12-10-16)30-17-6-4-3-5-7-17/h3-14H,1-2H3,(H,24,25,26,27). The minimum atomic E-state index is 0.197. The van der Waals surface area contributed by atoms with Crippen LogP contribution in [0.5, 0.6) is 23.4 Å². The molecule has 0 atom stereocenters. The second-order valence-electron chi connectivity index (χ2n) is 6.12. The first-order chi connectivity index (χ1) is 14.7. The summed E-state index contributed by atoms with van der Waals surface area (Å²) < 4.78 is 16.1. The minimum Gasteiger partial charge on any atom is -0.481 e. The van der Waals surface area contributed by atoms with Crippen LogP contribution in [-0.4, -0.2) is 34.2 Å². The van der Waals surface area contributed by atoms with Gasteiger partial charge in [-0.25, -0.2) is 4.98 Å². The summed E-state index contributed by atoms with van der Waals surface area (Å²) in [5.41, 5.74) is 1.51. The van der Waals surface area contributed by atoms with Crippen LogP contribution >= 0.6 is 0 Å². The molecule has 0 radical (unpaired) electrons. The molecule has 150 valence electrons. The lowest BCUT2D eigenvalue weighted by atomic mass is 10.2. The van der Waals surface area contributed by atoms with Gasteiger partial charge in [0.05, 0.1) is 14.2 Å². The van der Waals surface area contributed by atoms with Crippen molar-refractivity contribution in [3.8, 4) is 34.8 Å². The zero-order chi connectivity index (χ0) is 20.8. The molecule has 2 aromatic carbocycles. The Morgan fingerprint density at radius 3 is 2.17 bits per heavy atom.